The molecule has 0 aromatic heterocycles. The van der Waals surface area contributed by atoms with Crippen LogP contribution in [0.1, 0.15) is 30.5 Å². The Morgan fingerprint density at radius 1 is 1.22 bits per heavy atom. The van der Waals surface area contributed by atoms with Gasteiger partial charge in [-0.1, -0.05) is 36.7 Å². The van der Waals surface area contributed by atoms with Crippen molar-refractivity contribution in [2.24, 2.45) is 0 Å². The van der Waals surface area contributed by atoms with Gasteiger partial charge in [-0.05, 0) is 62.1 Å². The molecule has 0 unspecified atom stereocenters. The molecular formula is C19H22ClNO2. The maximum absolute atomic E-state index is 12.4. The Morgan fingerprint density at radius 3 is 2.43 bits per heavy atom. The van der Waals surface area contributed by atoms with E-state index in [1.54, 1.807) is 6.92 Å². The summed E-state index contributed by atoms with van der Waals surface area (Å²) in [4.78, 5) is 12.4. The molecule has 1 N–H and O–H groups in total. The van der Waals surface area contributed by atoms with Crippen molar-refractivity contribution in [3.8, 4) is 5.75 Å². The van der Waals surface area contributed by atoms with Crippen LogP contribution in [0.3, 0.4) is 0 Å². The first-order valence-electron chi connectivity index (χ1n) is 7.74. The third-order valence-electron chi connectivity index (χ3n) is 3.75. The second-order valence-corrected chi connectivity index (χ2v) is 6.01. The molecule has 0 fully saturated rings. The van der Waals surface area contributed by atoms with Gasteiger partial charge in [-0.3, -0.25) is 4.79 Å². The van der Waals surface area contributed by atoms with Crippen LogP contribution in [0.4, 0.5) is 5.69 Å². The van der Waals surface area contributed by atoms with Crippen molar-refractivity contribution in [3.63, 3.8) is 0 Å². The Hall–Kier alpha value is -2.00. The van der Waals surface area contributed by atoms with Crippen LogP contribution in [0.25, 0.3) is 0 Å². The maximum atomic E-state index is 12.4. The van der Waals surface area contributed by atoms with Crippen molar-refractivity contribution in [3.05, 3.63) is 58.1 Å². The van der Waals surface area contributed by atoms with E-state index in [4.69, 9.17) is 16.3 Å². The molecule has 0 aliphatic heterocycles. The first-order valence-corrected chi connectivity index (χ1v) is 8.12. The fraction of sp³-hybridized carbons (Fsp3) is 0.316. The molecule has 0 saturated heterocycles. The number of para-hydroxylation sites is 1. The fourth-order valence-corrected chi connectivity index (χ4v) is 2.53. The number of aryl methyl sites for hydroxylation is 3. The molecule has 0 aliphatic rings. The molecule has 0 heterocycles. The van der Waals surface area contributed by atoms with E-state index in [-0.39, 0.29) is 5.91 Å². The van der Waals surface area contributed by atoms with E-state index in [0.29, 0.717) is 5.75 Å². The molecule has 0 radical (unpaired) electrons. The van der Waals surface area contributed by atoms with Gasteiger partial charge in [0.2, 0.25) is 0 Å². The van der Waals surface area contributed by atoms with E-state index < -0.39 is 6.10 Å². The molecule has 2 aromatic carbocycles. The van der Waals surface area contributed by atoms with Gasteiger partial charge in [0.1, 0.15) is 5.75 Å². The quantitative estimate of drug-likeness (QED) is 0.844. The van der Waals surface area contributed by atoms with Crippen molar-refractivity contribution in [2.75, 3.05) is 5.32 Å². The summed E-state index contributed by atoms with van der Waals surface area (Å²) < 4.78 is 5.77. The fourth-order valence-electron chi connectivity index (χ4n) is 2.42. The number of carbonyl (C=O) groups is 1. The smallest absolute Gasteiger partial charge is 0.265 e. The monoisotopic (exact) mass is 331 g/mol. The summed E-state index contributed by atoms with van der Waals surface area (Å²) in [6.45, 7) is 7.64. The Bertz CT molecular complexity index is 689. The van der Waals surface area contributed by atoms with Crippen molar-refractivity contribution < 1.29 is 9.53 Å². The van der Waals surface area contributed by atoms with Gasteiger partial charge in [0.25, 0.3) is 5.91 Å². The first-order chi connectivity index (χ1) is 10.9. The molecule has 0 saturated carbocycles. The Labute approximate surface area is 142 Å². The molecule has 0 bridgehead atoms. The first kappa shape index (κ1) is 17.4. The number of carbonyl (C=O) groups excluding carboxylic acids is 1. The third kappa shape index (κ3) is 4.26. The largest absolute Gasteiger partial charge is 0.481 e. The minimum atomic E-state index is -0.597. The molecule has 0 spiro atoms. The zero-order valence-corrected chi connectivity index (χ0v) is 14.7. The lowest BCUT2D eigenvalue weighted by Crippen LogP contribution is -2.30. The summed E-state index contributed by atoms with van der Waals surface area (Å²) in [5, 5.41) is 3.66. The van der Waals surface area contributed by atoms with Gasteiger partial charge in [0, 0.05) is 10.7 Å². The minimum Gasteiger partial charge on any atom is -0.481 e. The number of nitrogens with one attached hydrogen (secondary N) is 1. The van der Waals surface area contributed by atoms with E-state index in [2.05, 4.69) is 12.2 Å². The minimum absolute atomic E-state index is 0.170. The molecule has 3 nitrogen and oxygen atoms in total. The number of halogens is 1. The molecule has 1 atom stereocenters. The van der Waals surface area contributed by atoms with E-state index in [0.717, 1.165) is 33.8 Å². The zero-order chi connectivity index (χ0) is 17.0. The van der Waals surface area contributed by atoms with E-state index >= 15 is 0 Å². The second-order valence-electron chi connectivity index (χ2n) is 5.63. The summed E-state index contributed by atoms with van der Waals surface area (Å²) in [5.74, 6) is 0.479. The van der Waals surface area contributed by atoms with Crippen LogP contribution >= 0.6 is 11.6 Å². The van der Waals surface area contributed by atoms with Crippen molar-refractivity contribution >= 4 is 23.2 Å². The molecule has 2 aromatic rings. The number of anilines is 1. The number of ether oxygens (including phenoxy) is 1. The molecule has 23 heavy (non-hydrogen) atoms. The number of rotatable bonds is 5. The summed E-state index contributed by atoms with van der Waals surface area (Å²) in [6.07, 6.45) is 0.265. The molecule has 0 aliphatic carbocycles. The lowest BCUT2D eigenvalue weighted by atomic mass is 10.1. The number of benzene rings is 2. The van der Waals surface area contributed by atoms with Gasteiger partial charge in [-0.2, -0.15) is 0 Å². The standard InChI is InChI=1S/C19H22ClNO2/c1-5-15-8-6-7-9-17(15)21-19(22)14(4)23-16-10-12(2)18(20)13(3)11-16/h6-11,14H,5H2,1-4H3,(H,21,22)/t14-/m0/s1. The van der Waals surface area contributed by atoms with E-state index in [1.807, 2.05) is 50.2 Å². The highest BCUT2D eigenvalue weighted by molar-refractivity contribution is 6.32. The third-order valence-corrected chi connectivity index (χ3v) is 4.34. The predicted molar refractivity (Wildman–Crippen MR) is 95.5 cm³/mol. The highest BCUT2D eigenvalue weighted by atomic mass is 35.5. The van der Waals surface area contributed by atoms with Gasteiger partial charge < -0.3 is 10.1 Å². The van der Waals surface area contributed by atoms with Crippen LogP contribution in [0.2, 0.25) is 5.02 Å². The van der Waals surface area contributed by atoms with Crippen LogP contribution in [-0.2, 0) is 11.2 Å². The topological polar surface area (TPSA) is 38.3 Å². The van der Waals surface area contributed by atoms with Crippen LogP contribution < -0.4 is 10.1 Å². The van der Waals surface area contributed by atoms with E-state index in [1.165, 1.54) is 0 Å². The average Bonchev–Trinajstić information content (AvgIpc) is 2.53. The second kappa shape index (κ2) is 7.51. The summed E-state index contributed by atoms with van der Waals surface area (Å²) in [5.41, 5.74) is 3.81. The lowest BCUT2D eigenvalue weighted by Gasteiger charge is -2.17. The average molecular weight is 332 g/mol. The Kier molecular flexibility index (Phi) is 5.67. The SMILES string of the molecule is CCc1ccccc1NC(=O)[C@H](C)Oc1cc(C)c(Cl)c(C)c1. The number of amides is 1. The molecule has 4 heteroatoms. The Balaban J connectivity index is 2.08. The maximum Gasteiger partial charge on any atom is 0.265 e. The van der Waals surface area contributed by atoms with Gasteiger partial charge in [-0.25, -0.2) is 0 Å². The Morgan fingerprint density at radius 2 is 1.83 bits per heavy atom. The number of hydrogen-bond donors (Lipinski definition) is 1. The van der Waals surface area contributed by atoms with Crippen LogP contribution in [0.15, 0.2) is 36.4 Å². The molecule has 1 amide bonds. The van der Waals surface area contributed by atoms with Crippen molar-refractivity contribution in [2.45, 2.75) is 40.2 Å². The normalized spacial score (nSPS) is 11.9. The number of hydrogen-bond acceptors (Lipinski definition) is 2. The molecule has 122 valence electrons. The highest BCUT2D eigenvalue weighted by Crippen LogP contribution is 2.26. The highest BCUT2D eigenvalue weighted by Gasteiger charge is 2.16. The van der Waals surface area contributed by atoms with Crippen molar-refractivity contribution in [1.29, 1.82) is 0 Å². The van der Waals surface area contributed by atoms with Crippen LogP contribution in [0.5, 0.6) is 5.75 Å². The van der Waals surface area contributed by atoms with Crippen LogP contribution in [-0.4, -0.2) is 12.0 Å². The predicted octanol–water partition coefficient (Wildman–Crippen LogP) is 4.93. The van der Waals surface area contributed by atoms with Gasteiger partial charge in [0.05, 0.1) is 0 Å². The summed E-state index contributed by atoms with van der Waals surface area (Å²) in [6, 6.07) is 11.5. The summed E-state index contributed by atoms with van der Waals surface area (Å²) in [7, 11) is 0. The van der Waals surface area contributed by atoms with Gasteiger partial charge >= 0.3 is 0 Å². The van der Waals surface area contributed by atoms with Crippen molar-refractivity contribution in [1.82, 2.24) is 0 Å². The van der Waals surface area contributed by atoms with Gasteiger partial charge in [-0.15, -0.1) is 0 Å². The van der Waals surface area contributed by atoms with E-state index in [9.17, 15) is 4.79 Å². The zero-order valence-electron chi connectivity index (χ0n) is 13.9. The van der Waals surface area contributed by atoms with Crippen LogP contribution in [0, 0.1) is 13.8 Å². The van der Waals surface area contributed by atoms with Gasteiger partial charge in [0.15, 0.2) is 6.10 Å². The molecular weight excluding hydrogens is 310 g/mol. The molecule has 2 rings (SSSR count). The summed E-state index contributed by atoms with van der Waals surface area (Å²) >= 11 is 6.15. The lowest BCUT2D eigenvalue weighted by molar-refractivity contribution is -0.122.